The second-order valence-corrected chi connectivity index (χ2v) is 4.03. The Morgan fingerprint density at radius 3 is 2.39 bits per heavy atom. The van der Waals surface area contributed by atoms with Gasteiger partial charge in [-0.15, -0.1) is 13.2 Å². The Labute approximate surface area is 108 Å². The molecule has 0 bridgehead atoms. The van der Waals surface area contributed by atoms with E-state index in [2.05, 4.69) is 18.1 Å². The van der Waals surface area contributed by atoms with Gasteiger partial charge in [-0.1, -0.05) is 24.3 Å². The standard InChI is InChI=1S/C15H19NO2/c1-3-10-16(11-4-2)12-9-15(18)13-7-5-6-8-14(13)17/h3-8,17H,1-2,9-12H2. The van der Waals surface area contributed by atoms with Crippen molar-refractivity contribution in [3.8, 4) is 5.75 Å². The summed E-state index contributed by atoms with van der Waals surface area (Å²) in [4.78, 5) is 14.0. The zero-order valence-corrected chi connectivity index (χ0v) is 10.5. The van der Waals surface area contributed by atoms with Crippen LogP contribution in [-0.2, 0) is 0 Å². The molecule has 0 aliphatic carbocycles. The summed E-state index contributed by atoms with van der Waals surface area (Å²) < 4.78 is 0. The minimum atomic E-state index is -0.0498. The van der Waals surface area contributed by atoms with Gasteiger partial charge in [-0.3, -0.25) is 9.69 Å². The van der Waals surface area contributed by atoms with Gasteiger partial charge >= 0.3 is 0 Å². The number of hydrogen-bond acceptors (Lipinski definition) is 3. The molecule has 1 rings (SSSR count). The molecule has 0 atom stereocenters. The summed E-state index contributed by atoms with van der Waals surface area (Å²) in [5.41, 5.74) is 0.384. The lowest BCUT2D eigenvalue weighted by molar-refractivity contribution is 0.0966. The van der Waals surface area contributed by atoms with E-state index in [9.17, 15) is 9.90 Å². The van der Waals surface area contributed by atoms with E-state index in [0.29, 0.717) is 18.5 Å². The van der Waals surface area contributed by atoms with Gasteiger partial charge < -0.3 is 5.11 Å². The Kier molecular flexibility index (Phi) is 5.88. The molecular formula is C15H19NO2. The molecule has 3 nitrogen and oxygen atoms in total. The molecule has 1 aromatic carbocycles. The van der Waals surface area contributed by atoms with E-state index < -0.39 is 0 Å². The van der Waals surface area contributed by atoms with Gasteiger partial charge in [-0.05, 0) is 12.1 Å². The summed E-state index contributed by atoms with van der Waals surface area (Å²) in [6, 6.07) is 6.62. The Bertz CT molecular complexity index is 416. The zero-order chi connectivity index (χ0) is 13.4. The van der Waals surface area contributed by atoms with E-state index >= 15 is 0 Å². The second-order valence-electron chi connectivity index (χ2n) is 4.03. The largest absolute Gasteiger partial charge is 0.507 e. The number of hydrogen-bond donors (Lipinski definition) is 1. The maximum atomic E-state index is 11.9. The molecular weight excluding hydrogens is 226 g/mol. The molecule has 0 aromatic heterocycles. The number of phenols is 1. The molecule has 0 heterocycles. The molecule has 0 fully saturated rings. The molecule has 1 N–H and O–H groups in total. The van der Waals surface area contributed by atoms with E-state index in [1.165, 1.54) is 6.07 Å². The Morgan fingerprint density at radius 2 is 1.83 bits per heavy atom. The maximum absolute atomic E-state index is 11.9. The highest BCUT2D eigenvalue weighted by Gasteiger charge is 2.11. The van der Waals surface area contributed by atoms with Gasteiger partial charge in [-0.25, -0.2) is 0 Å². The van der Waals surface area contributed by atoms with Crippen molar-refractivity contribution in [3.05, 3.63) is 55.1 Å². The van der Waals surface area contributed by atoms with Crippen molar-refractivity contribution in [1.29, 1.82) is 0 Å². The predicted octanol–water partition coefficient (Wildman–Crippen LogP) is 2.64. The summed E-state index contributed by atoms with van der Waals surface area (Å²) >= 11 is 0. The van der Waals surface area contributed by atoms with Gasteiger partial charge in [0.1, 0.15) is 5.75 Å². The smallest absolute Gasteiger partial charge is 0.167 e. The fourth-order valence-electron chi connectivity index (χ4n) is 1.73. The fourth-order valence-corrected chi connectivity index (χ4v) is 1.73. The number of Topliss-reactive ketones (excluding diaryl/α,β-unsaturated/α-hetero) is 1. The van der Waals surface area contributed by atoms with Gasteiger partial charge in [0.2, 0.25) is 0 Å². The van der Waals surface area contributed by atoms with Crippen LogP contribution in [0.1, 0.15) is 16.8 Å². The molecule has 0 saturated carbocycles. The molecule has 0 aliphatic rings. The van der Waals surface area contributed by atoms with Crippen molar-refractivity contribution in [1.82, 2.24) is 4.90 Å². The lowest BCUT2D eigenvalue weighted by atomic mass is 10.1. The van der Waals surface area contributed by atoms with Crippen molar-refractivity contribution >= 4 is 5.78 Å². The van der Waals surface area contributed by atoms with E-state index in [0.717, 1.165) is 13.1 Å². The number of carbonyl (C=O) groups is 1. The van der Waals surface area contributed by atoms with E-state index in [1.807, 2.05) is 0 Å². The third-order valence-electron chi connectivity index (χ3n) is 2.63. The SMILES string of the molecule is C=CCN(CC=C)CCC(=O)c1ccccc1O. The minimum absolute atomic E-state index is 0.0430. The average Bonchev–Trinajstić information content (AvgIpc) is 2.36. The van der Waals surface area contributed by atoms with E-state index in [1.54, 1.807) is 30.4 Å². The molecule has 3 heteroatoms. The molecule has 1 aromatic rings. The first-order valence-electron chi connectivity index (χ1n) is 5.94. The van der Waals surface area contributed by atoms with Crippen LogP contribution in [0.15, 0.2) is 49.6 Å². The number of rotatable bonds is 8. The van der Waals surface area contributed by atoms with Crippen LogP contribution in [0.25, 0.3) is 0 Å². The highest BCUT2D eigenvalue weighted by atomic mass is 16.3. The van der Waals surface area contributed by atoms with Crippen LogP contribution >= 0.6 is 0 Å². The Balaban J connectivity index is 2.57. The van der Waals surface area contributed by atoms with Crippen molar-refractivity contribution in [2.75, 3.05) is 19.6 Å². The zero-order valence-electron chi connectivity index (χ0n) is 10.5. The quantitative estimate of drug-likeness (QED) is 0.565. The van der Waals surface area contributed by atoms with Crippen LogP contribution in [0.4, 0.5) is 0 Å². The number of ketones is 1. The van der Waals surface area contributed by atoms with Crippen molar-refractivity contribution in [2.45, 2.75) is 6.42 Å². The summed E-state index contributed by atoms with van der Waals surface area (Å²) in [5, 5.41) is 9.59. The minimum Gasteiger partial charge on any atom is -0.507 e. The number of nitrogens with zero attached hydrogens (tertiary/aromatic N) is 1. The molecule has 0 amide bonds. The fraction of sp³-hybridized carbons (Fsp3) is 0.267. The van der Waals surface area contributed by atoms with Crippen molar-refractivity contribution in [2.24, 2.45) is 0 Å². The Hall–Kier alpha value is -1.87. The van der Waals surface area contributed by atoms with Gasteiger partial charge in [0.05, 0.1) is 5.56 Å². The highest BCUT2D eigenvalue weighted by molar-refractivity contribution is 5.98. The van der Waals surface area contributed by atoms with E-state index in [-0.39, 0.29) is 11.5 Å². The lowest BCUT2D eigenvalue weighted by Gasteiger charge is -2.18. The maximum Gasteiger partial charge on any atom is 0.167 e. The average molecular weight is 245 g/mol. The summed E-state index contributed by atoms with van der Waals surface area (Å²) in [6.45, 7) is 9.44. The number of carbonyl (C=O) groups excluding carboxylic acids is 1. The lowest BCUT2D eigenvalue weighted by Crippen LogP contribution is -2.26. The van der Waals surface area contributed by atoms with Gasteiger partial charge in [0.15, 0.2) is 5.78 Å². The van der Waals surface area contributed by atoms with Crippen molar-refractivity contribution in [3.63, 3.8) is 0 Å². The van der Waals surface area contributed by atoms with E-state index in [4.69, 9.17) is 0 Å². The first kappa shape index (κ1) is 14.2. The van der Waals surface area contributed by atoms with Crippen LogP contribution in [0.5, 0.6) is 5.75 Å². The highest BCUT2D eigenvalue weighted by Crippen LogP contribution is 2.17. The number of aromatic hydroxyl groups is 1. The summed E-state index contributed by atoms with van der Waals surface area (Å²) in [5.74, 6) is -0.00674. The van der Waals surface area contributed by atoms with Crippen LogP contribution in [0, 0.1) is 0 Å². The van der Waals surface area contributed by atoms with Crippen LogP contribution < -0.4 is 0 Å². The predicted molar refractivity (Wildman–Crippen MR) is 73.9 cm³/mol. The normalized spacial score (nSPS) is 10.3. The molecule has 18 heavy (non-hydrogen) atoms. The topological polar surface area (TPSA) is 40.5 Å². The monoisotopic (exact) mass is 245 g/mol. The number of para-hydroxylation sites is 1. The molecule has 0 spiro atoms. The second kappa shape index (κ2) is 7.45. The van der Waals surface area contributed by atoms with Crippen LogP contribution in [-0.4, -0.2) is 35.4 Å². The molecule has 0 saturated heterocycles. The van der Waals surface area contributed by atoms with Gasteiger partial charge in [0.25, 0.3) is 0 Å². The number of benzene rings is 1. The molecule has 0 unspecified atom stereocenters. The van der Waals surface area contributed by atoms with Gasteiger partial charge in [-0.2, -0.15) is 0 Å². The summed E-state index contributed by atoms with van der Waals surface area (Å²) in [6.07, 6.45) is 3.97. The third-order valence-corrected chi connectivity index (χ3v) is 2.63. The molecule has 96 valence electrons. The van der Waals surface area contributed by atoms with Crippen molar-refractivity contribution < 1.29 is 9.90 Å². The first-order valence-corrected chi connectivity index (χ1v) is 5.94. The molecule has 0 radical (unpaired) electrons. The van der Waals surface area contributed by atoms with Crippen LogP contribution in [0.3, 0.4) is 0 Å². The first-order chi connectivity index (χ1) is 8.69. The summed E-state index contributed by atoms with van der Waals surface area (Å²) in [7, 11) is 0. The molecule has 0 aliphatic heterocycles. The number of phenolic OH excluding ortho intramolecular Hbond substituents is 1. The third kappa shape index (κ3) is 4.18. The van der Waals surface area contributed by atoms with Crippen LogP contribution in [0.2, 0.25) is 0 Å². The van der Waals surface area contributed by atoms with Gasteiger partial charge in [0, 0.05) is 26.1 Å². The Morgan fingerprint density at radius 1 is 1.22 bits per heavy atom.